The molecule has 0 aliphatic heterocycles. The van der Waals surface area contributed by atoms with E-state index >= 15 is 0 Å². The van der Waals surface area contributed by atoms with Crippen LogP contribution in [0.1, 0.15) is 23.5 Å². The Bertz CT molecular complexity index is 908. The number of rotatable bonds is 4. The Kier molecular flexibility index (Phi) is 4.72. The minimum absolute atomic E-state index is 0.00948. The van der Waals surface area contributed by atoms with Crippen LogP contribution in [-0.4, -0.2) is 43.9 Å². The number of carbonyl (C=O) groups excluding carboxylic acids is 1. The molecule has 0 aliphatic carbocycles. The molecule has 136 valence electrons. The fourth-order valence-electron chi connectivity index (χ4n) is 2.12. The van der Waals surface area contributed by atoms with Crippen LogP contribution in [0.5, 0.6) is 0 Å². The second-order valence-electron chi connectivity index (χ2n) is 5.37. The maximum Gasteiger partial charge on any atom is 0.408 e. The third-order valence-electron chi connectivity index (χ3n) is 3.68. The maximum atomic E-state index is 13.0. The van der Waals surface area contributed by atoms with E-state index < -0.39 is 12.2 Å². The standard InChI is InChI=1S/C15H13F3N6OS/c1-9(15(16,17)18)24-8-20-22-12(24)13-21-11(7-26-13)23(2)14(25)10-5-3-4-6-19-10/h3-9H,1-2H3. The van der Waals surface area contributed by atoms with Gasteiger partial charge in [0.05, 0.1) is 0 Å². The summed E-state index contributed by atoms with van der Waals surface area (Å²) >= 11 is 1.07. The highest BCUT2D eigenvalue weighted by atomic mass is 32.1. The molecule has 1 unspecified atom stereocenters. The molecule has 0 radical (unpaired) electrons. The molecular weight excluding hydrogens is 369 g/mol. The molecule has 0 aliphatic rings. The van der Waals surface area contributed by atoms with Crippen molar-refractivity contribution in [3.8, 4) is 10.8 Å². The lowest BCUT2D eigenvalue weighted by atomic mass is 10.3. The van der Waals surface area contributed by atoms with E-state index in [1.165, 1.54) is 18.1 Å². The van der Waals surface area contributed by atoms with E-state index in [1.54, 1.807) is 23.6 Å². The average molecular weight is 382 g/mol. The molecule has 1 amide bonds. The quantitative estimate of drug-likeness (QED) is 0.693. The minimum Gasteiger partial charge on any atom is -0.300 e. The fourth-order valence-corrected chi connectivity index (χ4v) is 2.95. The summed E-state index contributed by atoms with van der Waals surface area (Å²) in [5, 5.41) is 9.09. The van der Waals surface area contributed by atoms with E-state index in [9.17, 15) is 18.0 Å². The highest BCUT2D eigenvalue weighted by Crippen LogP contribution is 2.34. The van der Waals surface area contributed by atoms with Gasteiger partial charge in [0.15, 0.2) is 10.8 Å². The molecule has 0 N–H and O–H groups in total. The van der Waals surface area contributed by atoms with Crippen LogP contribution in [0.15, 0.2) is 36.1 Å². The largest absolute Gasteiger partial charge is 0.408 e. The first-order valence-electron chi connectivity index (χ1n) is 7.40. The summed E-state index contributed by atoms with van der Waals surface area (Å²) in [5.74, 6) is -0.104. The van der Waals surface area contributed by atoms with Gasteiger partial charge in [-0.15, -0.1) is 21.5 Å². The van der Waals surface area contributed by atoms with Crippen LogP contribution in [0.3, 0.4) is 0 Å². The number of pyridine rings is 1. The molecule has 3 aromatic heterocycles. The highest BCUT2D eigenvalue weighted by Gasteiger charge is 2.39. The van der Waals surface area contributed by atoms with Crippen LogP contribution >= 0.6 is 11.3 Å². The Morgan fingerprint density at radius 2 is 2.12 bits per heavy atom. The first-order valence-corrected chi connectivity index (χ1v) is 8.28. The van der Waals surface area contributed by atoms with Gasteiger partial charge in [0.25, 0.3) is 5.91 Å². The zero-order chi connectivity index (χ0) is 18.9. The van der Waals surface area contributed by atoms with Gasteiger partial charge in [0.2, 0.25) is 0 Å². The minimum atomic E-state index is -4.44. The highest BCUT2D eigenvalue weighted by molar-refractivity contribution is 7.13. The number of carbonyl (C=O) groups is 1. The summed E-state index contributed by atoms with van der Waals surface area (Å²) in [5.41, 5.74) is 0.235. The summed E-state index contributed by atoms with van der Waals surface area (Å²) in [6.45, 7) is 1.01. The van der Waals surface area contributed by atoms with Gasteiger partial charge < -0.3 is 0 Å². The second kappa shape index (κ2) is 6.83. The van der Waals surface area contributed by atoms with Gasteiger partial charge in [-0.05, 0) is 19.1 Å². The number of amides is 1. The normalized spacial score (nSPS) is 12.8. The molecule has 0 aromatic carbocycles. The third kappa shape index (κ3) is 3.43. The second-order valence-corrected chi connectivity index (χ2v) is 6.23. The van der Waals surface area contributed by atoms with E-state index in [0.717, 1.165) is 29.2 Å². The van der Waals surface area contributed by atoms with E-state index in [2.05, 4.69) is 20.2 Å². The Morgan fingerprint density at radius 3 is 2.77 bits per heavy atom. The van der Waals surface area contributed by atoms with Crippen molar-refractivity contribution in [1.82, 2.24) is 24.7 Å². The zero-order valence-electron chi connectivity index (χ0n) is 13.7. The van der Waals surface area contributed by atoms with Gasteiger partial charge in [-0.2, -0.15) is 13.2 Å². The van der Waals surface area contributed by atoms with Crippen LogP contribution in [0.2, 0.25) is 0 Å². The number of halogens is 3. The van der Waals surface area contributed by atoms with Crippen LogP contribution in [0.4, 0.5) is 19.0 Å². The zero-order valence-corrected chi connectivity index (χ0v) is 14.5. The van der Waals surface area contributed by atoms with Crippen LogP contribution in [0, 0.1) is 0 Å². The summed E-state index contributed by atoms with van der Waals surface area (Å²) in [4.78, 5) is 21.9. The average Bonchev–Trinajstić information content (AvgIpc) is 3.28. The number of hydrogen-bond acceptors (Lipinski definition) is 6. The lowest BCUT2D eigenvalue weighted by Gasteiger charge is -2.17. The van der Waals surface area contributed by atoms with E-state index in [1.807, 2.05) is 0 Å². The predicted octanol–water partition coefficient (Wildman–Crippen LogP) is 3.20. The molecule has 3 rings (SSSR count). The van der Waals surface area contributed by atoms with Gasteiger partial charge in [-0.25, -0.2) is 4.98 Å². The summed E-state index contributed by atoms with van der Waals surface area (Å²) < 4.78 is 39.9. The number of thiazole rings is 1. The van der Waals surface area contributed by atoms with Gasteiger partial charge in [0, 0.05) is 18.6 Å². The smallest absolute Gasteiger partial charge is 0.300 e. The van der Waals surface area contributed by atoms with Crippen LogP contribution in [0.25, 0.3) is 10.8 Å². The number of aromatic nitrogens is 5. The van der Waals surface area contributed by atoms with Crippen molar-refractivity contribution < 1.29 is 18.0 Å². The maximum absolute atomic E-state index is 13.0. The first-order chi connectivity index (χ1) is 12.3. The number of alkyl halides is 3. The number of anilines is 1. The van der Waals surface area contributed by atoms with Crippen molar-refractivity contribution in [2.45, 2.75) is 19.1 Å². The molecule has 0 saturated carbocycles. The van der Waals surface area contributed by atoms with Crippen molar-refractivity contribution in [2.75, 3.05) is 11.9 Å². The topological polar surface area (TPSA) is 76.8 Å². The molecule has 3 heterocycles. The lowest BCUT2D eigenvalue weighted by molar-refractivity contribution is -0.162. The van der Waals surface area contributed by atoms with Crippen LogP contribution in [-0.2, 0) is 0 Å². The molecular formula is C15H13F3N6OS. The Morgan fingerprint density at radius 1 is 1.35 bits per heavy atom. The first kappa shape index (κ1) is 18.0. The third-order valence-corrected chi connectivity index (χ3v) is 4.51. The van der Waals surface area contributed by atoms with E-state index in [0.29, 0.717) is 0 Å². The molecule has 7 nitrogen and oxygen atoms in total. The van der Waals surface area contributed by atoms with Crippen molar-refractivity contribution in [1.29, 1.82) is 0 Å². The van der Waals surface area contributed by atoms with Gasteiger partial charge in [-0.3, -0.25) is 19.2 Å². The number of nitrogens with zero attached hydrogens (tertiary/aromatic N) is 6. The van der Waals surface area contributed by atoms with Gasteiger partial charge in [0.1, 0.15) is 23.9 Å². The van der Waals surface area contributed by atoms with Gasteiger partial charge in [-0.1, -0.05) is 6.07 Å². The van der Waals surface area contributed by atoms with Crippen molar-refractivity contribution in [2.24, 2.45) is 0 Å². The fraction of sp³-hybridized carbons (Fsp3) is 0.267. The molecule has 1 atom stereocenters. The Hall–Kier alpha value is -2.82. The summed E-state index contributed by atoms with van der Waals surface area (Å²) in [6, 6.07) is 3.13. The monoisotopic (exact) mass is 382 g/mol. The van der Waals surface area contributed by atoms with Crippen molar-refractivity contribution in [3.05, 3.63) is 41.8 Å². The molecule has 0 bridgehead atoms. The predicted molar refractivity (Wildman–Crippen MR) is 88.9 cm³/mol. The van der Waals surface area contributed by atoms with Gasteiger partial charge >= 0.3 is 6.18 Å². The Labute approximate surface area is 150 Å². The van der Waals surface area contributed by atoms with Crippen LogP contribution < -0.4 is 4.90 Å². The molecule has 0 fully saturated rings. The lowest BCUT2D eigenvalue weighted by Crippen LogP contribution is -2.27. The molecule has 26 heavy (non-hydrogen) atoms. The molecule has 0 spiro atoms. The van der Waals surface area contributed by atoms with E-state index in [4.69, 9.17) is 0 Å². The van der Waals surface area contributed by atoms with E-state index in [-0.39, 0.29) is 28.3 Å². The molecule has 3 aromatic rings. The molecule has 0 saturated heterocycles. The Balaban J connectivity index is 1.87. The molecule has 11 heteroatoms. The number of hydrogen-bond donors (Lipinski definition) is 0. The van der Waals surface area contributed by atoms with Crippen molar-refractivity contribution in [3.63, 3.8) is 0 Å². The summed E-state index contributed by atoms with van der Waals surface area (Å²) in [6.07, 6.45) is -1.94. The van der Waals surface area contributed by atoms with Crippen molar-refractivity contribution >= 4 is 23.1 Å². The summed E-state index contributed by atoms with van der Waals surface area (Å²) in [7, 11) is 1.51. The SMILES string of the molecule is CC(n1cnnc1-c1nc(N(C)C(=O)c2ccccn2)cs1)C(F)(F)F.